The predicted octanol–water partition coefficient (Wildman–Crippen LogP) is 5.61. The monoisotopic (exact) mass is 579 g/mol. The number of nitrogens with zero attached hydrogens (tertiary/aromatic N) is 1. The quantitative estimate of drug-likeness (QED) is 0.234. The SMILES string of the molecule is Cc1ccc(S(=O)(=O)OCCOCc2cccc(COCCN(C(=O)OC(C)(C)C)C(=O)OC(C)(C)C)c2)cc1. The molecular formula is C29H41NO9S. The average Bonchev–Trinajstić information content (AvgIpc) is 2.82. The number of hydrogen-bond donors (Lipinski definition) is 0. The highest BCUT2D eigenvalue weighted by Gasteiger charge is 2.30. The van der Waals surface area contributed by atoms with Gasteiger partial charge in [-0.3, -0.25) is 4.18 Å². The van der Waals surface area contributed by atoms with Crippen molar-refractivity contribution in [1.29, 1.82) is 0 Å². The van der Waals surface area contributed by atoms with Crippen LogP contribution in [0, 0.1) is 6.92 Å². The normalized spacial score (nSPS) is 12.2. The molecule has 0 saturated carbocycles. The van der Waals surface area contributed by atoms with Gasteiger partial charge in [-0.15, -0.1) is 0 Å². The highest BCUT2D eigenvalue weighted by molar-refractivity contribution is 7.86. The van der Waals surface area contributed by atoms with Gasteiger partial charge in [0.25, 0.3) is 10.1 Å². The van der Waals surface area contributed by atoms with Crippen molar-refractivity contribution in [2.24, 2.45) is 0 Å². The Morgan fingerprint density at radius 3 is 1.75 bits per heavy atom. The molecule has 0 aliphatic carbocycles. The van der Waals surface area contributed by atoms with E-state index in [-0.39, 0.29) is 44.5 Å². The zero-order chi connectivity index (χ0) is 30.0. The van der Waals surface area contributed by atoms with Crippen LogP contribution < -0.4 is 0 Å². The number of ether oxygens (including phenoxy) is 4. The van der Waals surface area contributed by atoms with Crippen LogP contribution in [0.3, 0.4) is 0 Å². The fourth-order valence-corrected chi connectivity index (χ4v) is 4.10. The molecule has 0 saturated heterocycles. The first-order valence-electron chi connectivity index (χ1n) is 13.0. The number of imide groups is 1. The Labute approximate surface area is 237 Å². The topological polar surface area (TPSA) is 118 Å². The molecule has 222 valence electrons. The van der Waals surface area contributed by atoms with E-state index in [0.717, 1.165) is 21.6 Å². The molecule has 2 rings (SSSR count). The summed E-state index contributed by atoms with van der Waals surface area (Å²) in [5.41, 5.74) is 1.13. The molecule has 10 nitrogen and oxygen atoms in total. The van der Waals surface area contributed by atoms with Gasteiger partial charge in [0.2, 0.25) is 0 Å². The van der Waals surface area contributed by atoms with Crippen LogP contribution in [0.25, 0.3) is 0 Å². The number of benzene rings is 2. The minimum Gasteiger partial charge on any atom is -0.443 e. The fourth-order valence-electron chi connectivity index (χ4n) is 3.21. The first-order valence-corrected chi connectivity index (χ1v) is 14.4. The molecule has 0 N–H and O–H groups in total. The maximum Gasteiger partial charge on any atom is 0.419 e. The lowest BCUT2D eigenvalue weighted by Crippen LogP contribution is -2.45. The van der Waals surface area contributed by atoms with E-state index >= 15 is 0 Å². The van der Waals surface area contributed by atoms with E-state index in [1.807, 2.05) is 31.2 Å². The standard InChI is InChI=1S/C29H41NO9S/c1-22-11-13-25(14-12-22)40(33,34)37-18-17-36-21-24-10-8-9-23(19-24)20-35-16-15-30(26(31)38-28(2,3)4)27(32)39-29(5,6)7/h8-14,19H,15-18,20-21H2,1-7H3. The van der Waals surface area contributed by atoms with Gasteiger partial charge in [0.1, 0.15) is 11.2 Å². The summed E-state index contributed by atoms with van der Waals surface area (Å²) >= 11 is 0. The van der Waals surface area contributed by atoms with Gasteiger partial charge in [0.15, 0.2) is 0 Å². The molecule has 2 aromatic rings. The molecule has 0 heterocycles. The third kappa shape index (κ3) is 12.5. The van der Waals surface area contributed by atoms with E-state index in [1.54, 1.807) is 53.7 Å². The first-order chi connectivity index (χ1) is 18.6. The predicted molar refractivity (Wildman–Crippen MR) is 149 cm³/mol. The number of aryl methyl sites for hydroxylation is 1. The van der Waals surface area contributed by atoms with Crippen LogP contribution in [0.5, 0.6) is 0 Å². The molecule has 0 radical (unpaired) electrons. The molecule has 0 atom stereocenters. The minimum atomic E-state index is -3.83. The van der Waals surface area contributed by atoms with Gasteiger partial charge in [0.05, 0.1) is 44.5 Å². The Bertz CT molecular complexity index is 1190. The Hall–Kier alpha value is -2.99. The van der Waals surface area contributed by atoms with Crippen LogP contribution in [0.15, 0.2) is 53.4 Å². The second kappa shape index (κ2) is 14.6. The summed E-state index contributed by atoms with van der Waals surface area (Å²) in [6, 6.07) is 13.9. The molecule has 0 aliphatic heterocycles. The zero-order valence-electron chi connectivity index (χ0n) is 24.4. The largest absolute Gasteiger partial charge is 0.443 e. The number of amides is 2. The summed E-state index contributed by atoms with van der Waals surface area (Å²) in [6.45, 7) is 12.7. The van der Waals surface area contributed by atoms with E-state index in [0.29, 0.717) is 0 Å². The fraction of sp³-hybridized carbons (Fsp3) is 0.517. The van der Waals surface area contributed by atoms with E-state index in [4.69, 9.17) is 23.1 Å². The molecule has 0 unspecified atom stereocenters. The van der Waals surface area contributed by atoms with Gasteiger partial charge < -0.3 is 18.9 Å². The number of carbonyl (C=O) groups excluding carboxylic acids is 2. The van der Waals surface area contributed by atoms with Crippen LogP contribution in [0.4, 0.5) is 9.59 Å². The van der Waals surface area contributed by atoms with E-state index in [9.17, 15) is 18.0 Å². The highest BCUT2D eigenvalue weighted by Crippen LogP contribution is 2.16. The number of rotatable bonds is 12. The number of carbonyl (C=O) groups is 2. The maximum atomic E-state index is 12.6. The lowest BCUT2D eigenvalue weighted by molar-refractivity contribution is -0.00541. The van der Waals surface area contributed by atoms with E-state index in [1.165, 1.54) is 12.1 Å². The minimum absolute atomic E-state index is 0.0435. The van der Waals surface area contributed by atoms with Gasteiger partial charge in [-0.2, -0.15) is 8.42 Å². The molecule has 0 aromatic heterocycles. The summed E-state index contributed by atoms with van der Waals surface area (Å²) in [7, 11) is -3.83. The second-order valence-electron chi connectivity index (χ2n) is 11.1. The van der Waals surface area contributed by atoms with Crippen LogP contribution in [-0.4, -0.2) is 63.1 Å². The van der Waals surface area contributed by atoms with Gasteiger partial charge in [-0.05, 0) is 71.7 Å². The van der Waals surface area contributed by atoms with Crippen molar-refractivity contribution in [3.63, 3.8) is 0 Å². The van der Waals surface area contributed by atoms with Gasteiger partial charge in [-0.25, -0.2) is 14.5 Å². The summed E-state index contributed by atoms with van der Waals surface area (Å²) in [4.78, 5) is 26.1. The first kappa shape index (κ1) is 33.2. The summed E-state index contributed by atoms with van der Waals surface area (Å²) in [5, 5.41) is 0. The van der Waals surface area contributed by atoms with Crippen LogP contribution >= 0.6 is 0 Å². The van der Waals surface area contributed by atoms with Crippen molar-refractivity contribution in [2.75, 3.05) is 26.4 Å². The summed E-state index contributed by atoms with van der Waals surface area (Å²) < 4.78 is 51.5. The van der Waals surface area contributed by atoms with Gasteiger partial charge in [0, 0.05) is 0 Å². The molecule has 11 heteroatoms. The molecular weight excluding hydrogens is 538 g/mol. The third-order valence-corrected chi connectivity index (χ3v) is 6.32. The van der Waals surface area contributed by atoms with Crippen LogP contribution in [0.1, 0.15) is 58.2 Å². The molecule has 0 aliphatic rings. The molecule has 0 spiro atoms. The molecule has 0 fully saturated rings. The maximum absolute atomic E-state index is 12.6. The van der Waals surface area contributed by atoms with Crippen LogP contribution in [0.2, 0.25) is 0 Å². The Morgan fingerprint density at radius 1 is 0.750 bits per heavy atom. The van der Waals surface area contributed by atoms with Gasteiger partial charge in [-0.1, -0.05) is 42.0 Å². The molecule has 0 bridgehead atoms. The van der Waals surface area contributed by atoms with Crippen molar-refractivity contribution in [3.8, 4) is 0 Å². The Balaban J connectivity index is 1.80. The zero-order valence-corrected chi connectivity index (χ0v) is 25.2. The molecule has 40 heavy (non-hydrogen) atoms. The Kier molecular flexibility index (Phi) is 12.1. The number of hydrogen-bond acceptors (Lipinski definition) is 9. The highest BCUT2D eigenvalue weighted by atomic mass is 32.2. The van der Waals surface area contributed by atoms with Crippen molar-refractivity contribution in [1.82, 2.24) is 4.90 Å². The Morgan fingerprint density at radius 2 is 1.25 bits per heavy atom. The van der Waals surface area contributed by atoms with Crippen molar-refractivity contribution in [2.45, 2.75) is 77.8 Å². The summed E-state index contributed by atoms with van der Waals surface area (Å²) in [5.74, 6) is 0. The van der Waals surface area contributed by atoms with Crippen molar-refractivity contribution < 1.29 is 41.1 Å². The smallest absolute Gasteiger partial charge is 0.419 e. The lowest BCUT2D eigenvalue weighted by atomic mass is 10.1. The summed E-state index contributed by atoms with van der Waals surface area (Å²) in [6.07, 6.45) is -1.61. The molecule has 2 amide bonds. The second-order valence-corrected chi connectivity index (χ2v) is 12.7. The van der Waals surface area contributed by atoms with E-state index < -0.39 is 33.5 Å². The van der Waals surface area contributed by atoms with Crippen molar-refractivity contribution >= 4 is 22.3 Å². The average molecular weight is 580 g/mol. The van der Waals surface area contributed by atoms with Crippen molar-refractivity contribution in [3.05, 3.63) is 65.2 Å². The van der Waals surface area contributed by atoms with E-state index in [2.05, 4.69) is 0 Å². The third-order valence-electron chi connectivity index (χ3n) is 4.99. The lowest BCUT2D eigenvalue weighted by Gasteiger charge is -2.28. The van der Waals surface area contributed by atoms with Gasteiger partial charge >= 0.3 is 12.2 Å². The molecule has 2 aromatic carbocycles. The van der Waals surface area contributed by atoms with Crippen LogP contribution in [-0.2, 0) is 46.5 Å².